The summed E-state index contributed by atoms with van der Waals surface area (Å²) in [7, 11) is -10.7. The first-order chi connectivity index (χ1) is 9.31. The Morgan fingerprint density at radius 2 is 1.05 bits per heavy atom. The molecule has 0 radical (unpaired) electrons. The molecule has 8 heteroatoms. The van der Waals surface area contributed by atoms with Crippen LogP contribution in [0.15, 0.2) is 48.5 Å². The van der Waals surface area contributed by atoms with Gasteiger partial charge in [-0.2, -0.15) is 47.5 Å². The number of hydrogen-bond donors (Lipinski definition) is 0. The summed E-state index contributed by atoms with van der Waals surface area (Å²) in [5.74, 6) is 0. The van der Waals surface area contributed by atoms with Crippen LogP contribution in [-0.4, -0.2) is 0 Å². The minimum atomic E-state index is -10.7. The zero-order valence-electron chi connectivity index (χ0n) is 12.1. The molecule has 2 rings (SSSR count). The van der Waals surface area contributed by atoms with E-state index in [2.05, 4.69) is 62.4 Å². The fourth-order valence-electron chi connectivity index (χ4n) is 1.30. The van der Waals surface area contributed by atoms with Crippen molar-refractivity contribution in [2.24, 2.45) is 0 Å². The third-order valence-electron chi connectivity index (χ3n) is 2.28. The largest absolute Gasteiger partial charge is 3.00 e. The monoisotopic (exact) mass is 390 g/mol. The van der Waals surface area contributed by atoms with Crippen LogP contribution in [0.25, 0.3) is 0 Å². The van der Waals surface area contributed by atoms with E-state index < -0.39 is 7.81 Å². The summed E-state index contributed by atoms with van der Waals surface area (Å²) in [5, 5.41) is 0. The average Bonchev–Trinajstić information content (AvgIpc) is 2.99. The summed E-state index contributed by atoms with van der Waals surface area (Å²) >= 11 is 0. The molecule has 2 aromatic rings. The molecule has 0 bridgehead atoms. The third-order valence-corrected chi connectivity index (χ3v) is 2.28. The van der Waals surface area contributed by atoms with Gasteiger partial charge >= 0.3 is 49.8 Å². The fourth-order valence-corrected chi connectivity index (χ4v) is 1.30. The molecular formula is C14H18CoF6P. The molecule has 0 aliphatic rings. The van der Waals surface area contributed by atoms with Gasteiger partial charge in [0.25, 0.3) is 0 Å². The van der Waals surface area contributed by atoms with Crippen molar-refractivity contribution in [1.29, 1.82) is 0 Å². The van der Waals surface area contributed by atoms with Gasteiger partial charge in [0.2, 0.25) is 0 Å². The number of hydrogen-bond acceptors (Lipinski definition) is 0. The van der Waals surface area contributed by atoms with Crippen molar-refractivity contribution in [3.8, 4) is 0 Å². The summed E-state index contributed by atoms with van der Waals surface area (Å²) in [5.41, 5.74) is 2.86. The second-order valence-corrected chi connectivity index (χ2v) is 6.17. The normalized spacial score (nSPS) is 13.3. The summed E-state index contributed by atoms with van der Waals surface area (Å²) in [6, 6.07) is 16.8. The standard InChI is InChI=1S/2C7H9.Co.F6P/c2*1-2-7-5-3-4-6-7;;1-7(2,3,4,5)6/h2*3-6H,2H2,1H3;;/q2*-1;+3;-1. The van der Waals surface area contributed by atoms with E-state index in [4.69, 9.17) is 0 Å². The SMILES string of the molecule is CCc1cc[cH-]c1.CCc1cc[cH-]c1.F[P-](F)(F)(F)(F)F.[Co+3]. The van der Waals surface area contributed by atoms with E-state index in [1.807, 2.05) is 0 Å². The molecule has 22 heavy (non-hydrogen) atoms. The second kappa shape index (κ2) is 8.18. The maximum atomic E-state index is 9.87. The summed E-state index contributed by atoms with van der Waals surface area (Å²) < 4.78 is 59.2. The molecule has 0 aromatic heterocycles. The third kappa shape index (κ3) is 21.5. The zero-order valence-corrected chi connectivity index (χ0v) is 14.0. The van der Waals surface area contributed by atoms with Gasteiger partial charge in [0, 0.05) is 0 Å². The van der Waals surface area contributed by atoms with Crippen molar-refractivity contribution in [1.82, 2.24) is 0 Å². The van der Waals surface area contributed by atoms with E-state index in [0.29, 0.717) is 0 Å². The predicted octanol–water partition coefficient (Wildman–Crippen LogP) is 7.32. The van der Waals surface area contributed by atoms with Crippen LogP contribution in [0.4, 0.5) is 25.2 Å². The van der Waals surface area contributed by atoms with E-state index >= 15 is 0 Å². The minimum absolute atomic E-state index is 0. The Morgan fingerprint density at radius 3 is 1.14 bits per heavy atom. The average molecular weight is 390 g/mol. The van der Waals surface area contributed by atoms with Crippen LogP contribution in [0, 0.1) is 0 Å². The van der Waals surface area contributed by atoms with Crippen LogP contribution in [0.1, 0.15) is 25.0 Å². The van der Waals surface area contributed by atoms with Gasteiger partial charge in [-0.05, 0) is 0 Å². The van der Waals surface area contributed by atoms with Crippen molar-refractivity contribution >= 4 is 7.81 Å². The van der Waals surface area contributed by atoms with Gasteiger partial charge in [-0.25, -0.2) is 12.1 Å². The Balaban J connectivity index is 0. The van der Waals surface area contributed by atoms with E-state index in [1.54, 1.807) is 0 Å². The molecule has 0 unspecified atom stereocenters. The molecule has 0 fully saturated rings. The molecule has 0 nitrogen and oxygen atoms in total. The van der Waals surface area contributed by atoms with Gasteiger partial charge < -0.3 is 0 Å². The van der Waals surface area contributed by atoms with Gasteiger partial charge in [0.15, 0.2) is 0 Å². The Bertz CT molecular complexity index is 439. The fraction of sp³-hybridized carbons (Fsp3) is 0.286. The van der Waals surface area contributed by atoms with Crippen LogP contribution in [-0.2, 0) is 29.6 Å². The molecule has 2 aromatic carbocycles. The summed E-state index contributed by atoms with van der Waals surface area (Å²) in [6.07, 6.45) is 2.32. The van der Waals surface area contributed by atoms with Crippen LogP contribution in [0.2, 0.25) is 0 Å². The van der Waals surface area contributed by atoms with Crippen LogP contribution < -0.4 is 0 Å². The van der Waals surface area contributed by atoms with Crippen LogP contribution >= 0.6 is 7.81 Å². The van der Waals surface area contributed by atoms with Gasteiger partial charge in [-0.3, -0.25) is 0 Å². The Morgan fingerprint density at radius 1 is 0.773 bits per heavy atom. The summed E-state index contributed by atoms with van der Waals surface area (Å²) in [6.45, 7) is 4.32. The molecule has 0 aliphatic heterocycles. The second-order valence-electron chi connectivity index (χ2n) is 4.25. The maximum absolute atomic E-state index is 10.7. The summed E-state index contributed by atoms with van der Waals surface area (Å²) in [4.78, 5) is 0. The smallest absolute Gasteiger partial charge is 3.00 e. The molecule has 0 saturated heterocycles. The van der Waals surface area contributed by atoms with Crippen molar-refractivity contribution in [2.45, 2.75) is 26.7 Å². The molecule has 0 saturated carbocycles. The van der Waals surface area contributed by atoms with Crippen molar-refractivity contribution in [2.75, 3.05) is 0 Å². The Kier molecular flexibility index (Phi) is 8.73. The van der Waals surface area contributed by atoms with Crippen LogP contribution in [0.3, 0.4) is 0 Å². The van der Waals surface area contributed by atoms with Crippen molar-refractivity contribution in [3.63, 3.8) is 0 Å². The predicted molar refractivity (Wildman–Crippen MR) is 76.4 cm³/mol. The first-order valence-corrected chi connectivity index (χ1v) is 8.32. The molecular weight excluding hydrogens is 372 g/mol. The quantitative estimate of drug-likeness (QED) is 0.286. The first-order valence-electron chi connectivity index (χ1n) is 6.29. The van der Waals surface area contributed by atoms with Crippen molar-refractivity contribution in [3.05, 3.63) is 59.7 Å². The first kappa shape index (κ1) is 23.5. The molecule has 0 atom stereocenters. The van der Waals surface area contributed by atoms with Gasteiger partial charge in [-0.15, -0.1) is 0 Å². The zero-order chi connectivity index (χ0) is 16.6. The molecule has 0 spiro atoms. The van der Waals surface area contributed by atoms with E-state index in [1.165, 1.54) is 11.1 Å². The molecule has 0 amide bonds. The van der Waals surface area contributed by atoms with Gasteiger partial charge in [-0.1, -0.05) is 26.7 Å². The van der Waals surface area contributed by atoms with Crippen molar-refractivity contribution < 1.29 is 42.0 Å². The van der Waals surface area contributed by atoms with Crippen LogP contribution in [0.5, 0.6) is 0 Å². The van der Waals surface area contributed by atoms with Gasteiger partial charge in [0.1, 0.15) is 0 Å². The van der Waals surface area contributed by atoms with E-state index in [9.17, 15) is 25.2 Å². The molecule has 130 valence electrons. The number of rotatable bonds is 2. The minimum Gasteiger partial charge on any atom is 3.00 e. The number of aryl methyl sites for hydroxylation is 2. The van der Waals surface area contributed by atoms with E-state index in [0.717, 1.165) is 12.8 Å². The molecule has 0 aliphatic carbocycles. The molecule has 0 heterocycles. The Labute approximate surface area is 136 Å². The topological polar surface area (TPSA) is 0 Å². The van der Waals surface area contributed by atoms with Gasteiger partial charge in [0.05, 0.1) is 0 Å². The maximum Gasteiger partial charge on any atom is 3.00 e. The molecule has 0 N–H and O–H groups in total. The van der Waals surface area contributed by atoms with E-state index in [-0.39, 0.29) is 16.8 Å². The Hall–Kier alpha value is -0.784. The number of halogens is 6.